The van der Waals surface area contributed by atoms with Crippen molar-refractivity contribution in [2.45, 2.75) is 73.0 Å². The molecule has 0 saturated carbocycles. The Hall–Kier alpha value is -5.11. The van der Waals surface area contributed by atoms with Gasteiger partial charge in [0.1, 0.15) is 5.82 Å². The maximum Gasteiger partial charge on any atom is 0.125 e. The fourth-order valence-corrected chi connectivity index (χ4v) is 10.7. The molecular formula is C53H51FIrN4SSi-2. The minimum Gasteiger partial charge on any atom is -0.333 e. The van der Waals surface area contributed by atoms with E-state index in [1.165, 1.54) is 33.1 Å². The maximum atomic E-state index is 14.5. The summed E-state index contributed by atoms with van der Waals surface area (Å²) in [6.07, 6.45) is 5.19. The molecule has 0 spiro atoms. The molecule has 1 radical (unpaired) electrons. The van der Waals surface area contributed by atoms with Crippen LogP contribution in [-0.2, 0) is 31.9 Å². The van der Waals surface area contributed by atoms with Gasteiger partial charge in [0, 0.05) is 60.2 Å². The average Bonchev–Trinajstić information content (AvgIpc) is 3.78. The van der Waals surface area contributed by atoms with Crippen molar-refractivity contribution in [2.75, 3.05) is 0 Å². The summed E-state index contributed by atoms with van der Waals surface area (Å²) in [6, 6.07) is 45.2. The summed E-state index contributed by atoms with van der Waals surface area (Å²) >= 11 is 1.72. The number of aromatic nitrogens is 4. The number of benzene rings is 5. The van der Waals surface area contributed by atoms with Crippen molar-refractivity contribution in [3.8, 4) is 39.5 Å². The Kier molecular flexibility index (Phi) is 12.8. The molecule has 4 aromatic heterocycles. The van der Waals surface area contributed by atoms with E-state index < -0.39 is 8.07 Å². The summed E-state index contributed by atoms with van der Waals surface area (Å²) in [5.74, 6) is 1.10. The third-order valence-corrected chi connectivity index (χ3v) is 14.1. The van der Waals surface area contributed by atoms with Crippen LogP contribution < -0.4 is 5.19 Å². The number of nitrogens with zero attached hydrogens (tertiary/aromatic N) is 4. The van der Waals surface area contributed by atoms with E-state index >= 15 is 0 Å². The maximum absolute atomic E-state index is 14.5. The quantitative estimate of drug-likeness (QED) is 0.118. The zero-order valence-electron chi connectivity index (χ0n) is 36.3. The summed E-state index contributed by atoms with van der Waals surface area (Å²) < 4.78 is 18.9. The van der Waals surface area contributed by atoms with E-state index in [9.17, 15) is 4.39 Å². The van der Waals surface area contributed by atoms with Gasteiger partial charge in [-0.3, -0.25) is 9.97 Å². The van der Waals surface area contributed by atoms with Crippen LogP contribution in [0.2, 0.25) is 19.6 Å². The van der Waals surface area contributed by atoms with E-state index in [-0.39, 0.29) is 31.3 Å². The van der Waals surface area contributed by atoms with Crippen LogP contribution in [0.3, 0.4) is 0 Å². The Morgan fingerprint density at radius 3 is 2.28 bits per heavy atom. The first-order valence-electron chi connectivity index (χ1n) is 20.7. The van der Waals surface area contributed by atoms with Gasteiger partial charge in [-0.2, -0.15) is 11.3 Å². The van der Waals surface area contributed by atoms with Gasteiger partial charge in [0.15, 0.2) is 0 Å². The van der Waals surface area contributed by atoms with Crippen molar-refractivity contribution >= 4 is 55.8 Å². The Labute approximate surface area is 378 Å². The molecule has 0 atom stereocenters. The molecule has 0 bridgehead atoms. The van der Waals surface area contributed by atoms with Gasteiger partial charge in [-0.1, -0.05) is 113 Å². The van der Waals surface area contributed by atoms with E-state index in [1.54, 1.807) is 11.3 Å². The van der Waals surface area contributed by atoms with Crippen LogP contribution in [0.15, 0.2) is 128 Å². The van der Waals surface area contributed by atoms with Crippen LogP contribution in [0.25, 0.3) is 70.7 Å². The Morgan fingerprint density at radius 1 is 0.803 bits per heavy atom. The first-order valence-corrected chi connectivity index (χ1v) is 25.0. The van der Waals surface area contributed by atoms with Crippen molar-refractivity contribution in [2.24, 2.45) is 5.92 Å². The second-order valence-corrected chi connectivity index (χ2v) is 24.2. The normalized spacial score (nSPS) is 11.9. The number of hydrogen-bond donors (Lipinski definition) is 0. The first-order chi connectivity index (χ1) is 28.7. The molecule has 311 valence electrons. The smallest absolute Gasteiger partial charge is 0.125 e. The largest absolute Gasteiger partial charge is 0.333 e. The molecule has 61 heavy (non-hydrogen) atoms. The van der Waals surface area contributed by atoms with Gasteiger partial charge in [0.25, 0.3) is 0 Å². The molecule has 9 aromatic rings. The predicted octanol–water partition coefficient (Wildman–Crippen LogP) is 14.0. The third kappa shape index (κ3) is 9.24. The summed E-state index contributed by atoms with van der Waals surface area (Å²) in [6.45, 7) is 20.4. The van der Waals surface area contributed by atoms with Gasteiger partial charge in [-0.25, -0.2) is 4.39 Å². The zero-order chi connectivity index (χ0) is 42.3. The number of pyridine rings is 2. The molecule has 0 N–H and O–H groups in total. The third-order valence-electron chi connectivity index (χ3n) is 10.9. The number of aryl methyl sites for hydroxylation is 1. The molecule has 0 unspecified atom stereocenters. The van der Waals surface area contributed by atoms with E-state index in [1.807, 2.05) is 49.5 Å². The summed E-state index contributed by atoms with van der Waals surface area (Å²) in [5.41, 5.74) is 11.4. The van der Waals surface area contributed by atoms with Gasteiger partial charge in [0.05, 0.1) is 24.9 Å². The Morgan fingerprint density at radius 2 is 1.57 bits per heavy atom. The fourth-order valence-electron chi connectivity index (χ4n) is 7.89. The average molecular weight is 1020 g/mol. The number of fused-ring (bicyclic) bond motifs is 4. The molecule has 8 heteroatoms. The van der Waals surface area contributed by atoms with Crippen molar-refractivity contribution < 1.29 is 24.5 Å². The van der Waals surface area contributed by atoms with Gasteiger partial charge in [-0.05, 0) is 87.1 Å². The molecule has 0 amide bonds. The molecule has 9 rings (SSSR count). The minimum absolute atomic E-state index is 0. The number of imidazole rings is 1. The molecular weight excluding hydrogens is 964 g/mol. The van der Waals surface area contributed by atoms with E-state index in [4.69, 9.17) is 4.98 Å². The van der Waals surface area contributed by atoms with Crippen LogP contribution in [-0.4, -0.2) is 27.6 Å². The van der Waals surface area contributed by atoms with E-state index in [0.717, 1.165) is 72.6 Å². The molecule has 5 aromatic carbocycles. The molecule has 0 aliphatic carbocycles. The van der Waals surface area contributed by atoms with Gasteiger partial charge < -0.3 is 9.55 Å². The van der Waals surface area contributed by atoms with Crippen molar-refractivity contribution in [1.29, 1.82) is 0 Å². The standard InChI is InChI=1S/C35H27FN3S.C18H24NSi.Ir/c1-21-17-32-28(20-37-21)25-11-8-12-26(33(25)40-32)34-38-29-19-24(36)14-16-31(29)39(34)30-15-13-23(35(2,3)4)18-27(30)22-9-6-5-7-10-22;1-14(2)11-16-12-17(15-9-7-6-8-10-15)19-13-18(16)20(3,4)5;/h5-11,13-20H,1-4H3;6-9,12-14H,11H2,1-5H3;/q2*-1;. The summed E-state index contributed by atoms with van der Waals surface area (Å²) in [5, 5.41) is 3.73. The van der Waals surface area contributed by atoms with Crippen molar-refractivity contribution in [3.63, 3.8) is 0 Å². The minimum atomic E-state index is -1.34. The molecule has 0 aliphatic heterocycles. The monoisotopic (exact) mass is 1020 g/mol. The Balaban J connectivity index is 0.000000226. The first kappa shape index (κ1) is 44.0. The van der Waals surface area contributed by atoms with Gasteiger partial charge in [-0.15, -0.1) is 54.1 Å². The number of halogens is 1. The van der Waals surface area contributed by atoms with Crippen molar-refractivity contribution in [3.05, 3.63) is 162 Å². The fraction of sp³-hybridized carbons (Fsp3) is 0.226. The predicted molar refractivity (Wildman–Crippen MR) is 255 cm³/mol. The second kappa shape index (κ2) is 17.7. The number of hydrogen-bond acceptors (Lipinski definition) is 4. The van der Waals surface area contributed by atoms with Crippen LogP contribution in [0.5, 0.6) is 0 Å². The molecule has 0 aliphatic rings. The van der Waals surface area contributed by atoms with Crippen LogP contribution in [0, 0.1) is 30.8 Å². The molecule has 4 heterocycles. The van der Waals surface area contributed by atoms with Gasteiger partial charge >= 0.3 is 0 Å². The molecule has 0 fully saturated rings. The topological polar surface area (TPSA) is 43.6 Å². The molecule has 0 saturated heterocycles. The van der Waals surface area contributed by atoms with Crippen molar-refractivity contribution in [1.82, 2.24) is 19.5 Å². The number of thiophene rings is 1. The zero-order valence-corrected chi connectivity index (χ0v) is 40.5. The van der Waals surface area contributed by atoms with Crippen LogP contribution >= 0.6 is 11.3 Å². The number of rotatable bonds is 7. The SMILES string of the molecule is CC(C)Cc1cc(-c2[c-]cccc2)ncc1[Si](C)(C)C.Cc1cc2sc3c(-c4nc5cc(F)ccc5n4-c4ccc(C(C)(C)C)cc4-c4ccccc4)[c-]ccc3c2cn1.[Ir]. The van der Waals surface area contributed by atoms with Crippen LogP contribution in [0.1, 0.15) is 51.4 Å². The summed E-state index contributed by atoms with van der Waals surface area (Å²) in [4.78, 5) is 14.3. The van der Waals surface area contributed by atoms with Crippen LogP contribution in [0.4, 0.5) is 4.39 Å². The second-order valence-electron chi connectivity index (χ2n) is 18.1. The van der Waals surface area contributed by atoms with Gasteiger partial charge in [0.2, 0.25) is 0 Å². The summed E-state index contributed by atoms with van der Waals surface area (Å²) in [7, 11) is -1.34. The Bertz CT molecular complexity index is 2980. The van der Waals surface area contributed by atoms with E-state index in [0.29, 0.717) is 11.4 Å². The molecule has 4 nitrogen and oxygen atoms in total. The van der Waals surface area contributed by atoms with E-state index in [2.05, 4.69) is 154 Å².